The summed E-state index contributed by atoms with van der Waals surface area (Å²) in [6, 6.07) is 0. The molecule has 0 aliphatic carbocycles. The first-order valence-electron chi connectivity index (χ1n) is 12.2. The Hall–Kier alpha value is -0.0800. The van der Waals surface area contributed by atoms with Crippen LogP contribution in [0.25, 0.3) is 0 Å². The van der Waals surface area contributed by atoms with Gasteiger partial charge in [-0.3, -0.25) is 9.80 Å². The van der Waals surface area contributed by atoms with Crippen molar-refractivity contribution in [3.8, 4) is 0 Å². The number of likely N-dealkylation sites (tertiary alicyclic amines) is 2. The average molecular weight is 393 g/mol. The Morgan fingerprint density at radius 2 is 1.14 bits per heavy atom. The highest BCUT2D eigenvalue weighted by Gasteiger charge is 2.43. The molecule has 0 N–H and O–H groups in total. The normalized spacial score (nSPS) is 24.1. The molecule has 0 atom stereocenters. The van der Waals surface area contributed by atoms with Gasteiger partial charge in [0.05, 0.1) is 0 Å². The first-order valence-corrected chi connectivity index (χ1v) is 12.2. The number of nitrogens with zero attached hydrogens (tertiary/aromatic N) is 2. The number of hydrogen-bond donors (Lipinski definition) is 0. The minimum absolute atomic E-state index is 0.312. The lowest BCUT2D eigenvalue weighted by atomic mass is 9.62. The summed E-state index contributed by atoms with van der Waals surface area (Å²) in [4.78, 5) is 5.58. The van der Waals surface area contributed by atoms with Gasteiger partial charge in [0.15, 0.2) is 0 Å². The summed E-state index contributed by atoms with van der Waals surface area (Å²) in [5.74, 6) is 1.79. The molecular weight excluding hydrogens is 340 g/mol. The van der Waals surface area contributed by atoms with Gasteiger partial charge in [0.25, 0.3) is 0 Å². The molecule has 2 heteroatoms. The molecule has 166 valence electrons. The lowest BCUT2D eigenvalue weighted by Gasteiger charge is -2.52. The van der Waals surface area contributed by atoms with Crippen molar-refractivity contribution < 1.29 is 0 Å². The second-order valence-corrected chi connectivity index (χ2v) is 13.0. The third-order valence-corrected chi connectivity index (χ3v) is 9.22. The molecule has 2 fully saturated rings. The highest BCUT2D eigenvalue weighted by atomic mass is 15.2. The number of hydrogen-bond acceptors (Lipinski definition) is 2. The summed E-state index contributed by atoms with van der Waals surface area (Å²) in [6.45, 7) is 29.7. The van der Waals surface area contributed by atoms with Crippen molar-refractivity contribution in [1.29, 1.82) is 0 Å². The van der Waals surface area contributed by atoms with E-state index < -0.39 is 0 Å². The van der Waals surface area contributed by atoms with Gasteiger partial charge in [0, 0.05) is 11.1 Å². The van der Waals surface area contributed by atoms with Crippen LogP contribution < -0.4 is 0 Å². The zero-order valence-corrected chi connectivity index (χ0v) is 21.1. The predicted octanol–water partition coefficient (Wildman–Crippen LogP) is 6.84. The monoisotopic (exact) mass is 392 g/mol. The summed E-state index contributed by atoms with van der Waals surface area (Å²) >= 11 is 0. The smallest absolute Gasteiger partial charge is 0.0153 e. The summed E-state index contributed by atoms with van der Waals surface area (Å²) in [5, 5.41) is 0. The van der Waals surface area contributed by atoms with E-state index in [0.29, 0.717) is 21.9 Å². The Balaban J connectivity index is 1.87. The van der Waals surface area contributed by atoms with Gasteiger partial charge in [-0.15, -0.1) is 0 Å². The molecule has 2 saturated heterocycles. The molecule has 0 radical (unpaired) electrons. The Bertz CT molecular complexity index is 481. The van der Waals surface area contributed by atoms with Gasteiger partial charge in [-0.2, -0.15) is 0 Å². The molecule has 2 nitrogen and oxygen atoms in total. The second kappa shape index (κ2) is 8.58. The van der Waals surface area contributed by atoms with E-state index in [1.807, 2.05) is 0 Å². The van der Waals surface area contributed by atoms with Gasteiger partial charge < -0.3 is 0 Å². The van der Waals surface area contributed by atoms with Crippen molar-refractivity contribution in [2.45, 2.75) is 119 Å². The fourth-order valence-corrected chi connectivity index (χ4v) is 5.46. The lowest BCUT2D eigenvalue weighted by Crippen LogP contribution is -2.54. The maximum Gasteiger partial charge on any atom is 0.0153 e. The maximum absolute atomic E-state index is 2.79. The molecule has 2 aliphatic rings. The summed E-state index contributed by atoms with van der Waals surface area (Å²) in [5.41, 5.74) is 1.54. The predicted molar refractivity (Wildman–Crippen MR) is 125 cm³/mol. The molecule has 0 unspecified atom stereocenters. The molecular formula is C26H52N2. The van der Waals surface area contributed by atoms with Crippen LogP contribution in [0.4, 0.5) is 0 Å². The molecule has 0 aromatic carbocycles. The van der Waals surface area contributed by atoms with E-state index in [1.165, 1.54) is 64.7 Å². The Labute approximate surface area is 177 Å². The topological polar surface area (TPSA) is 6.48 Å². The molecule has 0 spiro atoms. The largest absolute Gasteiger partial charge is 0.298 e. The Morgan fingerprint density at radius 1 is 0.750 bits per heavy atom. The Kier molecular flexibility index (Phi) is 7.41. The molecule has 0 aromatic rings. The van der Waals surface area contributed by atoms with E-state index in [4.69, 9.17) is 0 Å². The van der Waals surface area contributed by atoms with Crippen LogP contribution in [0.15, 0.2) is 0 Å². The highest BCUT2D eigenvalue weighted by molar-refractivity contribution is 4.96. The SMILES string of the molecule is CC(C)C1CCN(C(C)(C)CCC(C)(C)N2CCC(C)(C(C)(C)C)CC2)CC1. The van der Waals surface area contributed by atoms with E-state index in [9.17, 15) is 0 Å². The van der Waals surface area contributed by atoms with Crippen molar-refractivity contribution in [2.24, 2.45) is 22.7 Å². The lowest BCUT2D eigenvalue weighted by molar-refractivity contribution is -0.0231. The highest BCUT2D eigenvalue weighted by Crippen LogP contribution is 2.47. The number of rotatable bonds is 6. The number of piperidine rings is 2. The van der Waals surface area contributed by atoms with E-state index in [0.717, 1.165) is 11.8 Å². The molecule has 0 amide bonds. The van der Waals surface area contributed by atoms with E-state index in [-0.39, 0.29) is 0 Å². The molecule has 0 saturated carbocycles. The summed E-state index contributed by atoms with van der Waals surface area (Å²) in [7, 11) is 0. The molecule has 2 heterocycles. The van der Waals surface area contributed by atoms with Gasteiger partial charge in [-0.1, -0.05) is 41.5 Å². The van der Waals surface area contributed by atoms with E-state index in [2.05, 4.69) is 79.0 Å². The fourth-order valence-electron chi connectivity index (χ4n) is 5.46. The van der Waals surface area contributed by atoms with Crippen LogP contribution in [0.5, 0.6) is 0 Å². The second-order valence-electron chi connectivity index (χ2n) is 13.0. The summed E-state index contributed by atoms with van der Waals surface area (Å²) in [6.07, 6.45) is 8.07. The minimum atomic E-state index is 0.312. The van der Waals surface area contributed by atoms with Crippen LogP contribution >= 0.6 is 0 Å². The van der Waals surface area contributed by atoms with Gasteiger partial charge in [-0.05, 0) is 115 Å². The third kappa shape index (κ3) is 5.54. The minimum Gasteiger partial charge on any atom is -0.298 e. The van der Waals surface area contributed by atoms with Gasteiger partial charge in [-0.25, -0.2) is 0 Å². The molecule has 0 bridgehead atoms. The van der Waals surface area contributed by atoms with Crippen molar-refractivity contribution >= 4 is 0 Å². The zero-order chi connectivity index (χ0) is 21.4. The van der Waals surface area contributed by atoms with Gasteiger partial charge >= 0.3 is 0 Å². The van der Waals surface area contributed by atoms with Crippen LogP contribution in [-0.2, 0) is 0 Å². The van der Waals surface area contributed by atoms with Crippen LogP contribution in [0.3, 0.4) is 0 Å². The maximum atomic E-state index is 2.79. The summed E-state index contributed by atoms with van der Waals surface area (Å²) < 4.78 is 0. The fraction of sp³-hybridized carbons (Fsp3) is 1.00. The van der Waals surface area contributed by atoms with Crippen molar-refractivity contribution in [3.05, 3.63) is 0 Å². The first kappa shape index (κ1) is 24.2. The van der Waals surface area contributed by atoms with Crippen LogP contribution in [0.1, 0.15) is 108 Å². The molecule has 28 heavy (non-hydrogen) atoms. The van der Waals surface area contributed by atoms with E-state index >= 15 is 0 Å². The van der Waals surface area contributed by atoms with Gasteiger partial charge in [0.1, 0.15) is 0 Å². The van der Waals surface area contributed by atoms with Crippen LogP contribution in [0, 0.1) is 22.7 Å². The van der Waals surface area contributed by atoms with Crippen LogP contribution in [0.2, 0.25) is 0 Å². The third-order valence-electron chi connectivity index (χ3n) is 9.22. The average Bonchev–Trinajstić information content (AvgIpc) is 2.60. The Morgan fingerprint density at radius 3 is 1.50 bits per heavy atom. The van der Waals surface area contributed by atoms with Gasteiger partial charge in [0.2, 0.25) is 0 Å². The molecule has 2 aliphatic heterocycles. The standard InChI is InChI=1S/C26H52N2/c1-21(2)22-11-17-27(18-12-22)24(6,7)13-14-25(8,9)28-19-15-26(10,16-20-28)23(3,4)5/h21-22H,11-20H2,1-10H3. The van der Waals surface area contributed by atoms with Crippen molar-refractivity contribution in [3.63, 3.8) is 0 Å². The van der Waals surface area contributed by atoms with Crippen LogP contribution in [-0.4, -0.2) is 47.1 Å². The molecule has 0 aromatic heterocycles. The quantitative estimate of drug-likeness (QED) is 0.488. The van der Waals surface area contributed by atoms with Crippen molar-refractivity contribution in [2.75, 3.05) is 26.2 Å². The van der Waals surface area contributed by atoms with Crippen molar-refractivity contribution in [1.82, 2.24) is 9.80 Å². The first-order chi connectivity index (χ1) is 12.7. The van der Waals surface area contributed by atoms with E-state index in [1.54, 1.807) is 0 Å². The molecule has 2 rings (SSSR count). The zero-order valence-electron chi connectivity index (χ0n) is 21.1.